The highest BCUT2D eigenvalue weighted by atomic mass is 16.6. The second-order valence-corrected chi connectivity index (χ2v) is 7.16. The van der Waals surface area contributed by atoms with Crippen LogP contribution in [0.3, 0.4) is 0 Å². The van der Waals surface area contributed by atoms with Crippen molar-refractivity contribution in [2.24, 2.45) is 14.1 Å². The van der Waals surface area contributed by atoms with E-state index in [1.165, 1.54) is 35.9 Å². The van der Waals surface area contributed by atoms with Gasteiger partial charge in [0.05, 0.1) is 10.5 Å². The Morgan fingerprint density at radius 2 is 1.66 bits per heavy atom. The molecule has 0 spiro atoms. The van der Waals surface area contributed by atoms with E-state index in [4.69, 9.17) is 0 Å². The molecule has 0 amide bonds. The number of carbonyl (C=O) groups is 1. The van der Waals surface area contributed by atoms with Gasteiger partial charge in [-0.15, -0.1) is 0 Å². The normalized spacial score (nSPS) is 10.6. The molecule has 2 aromatic carbocycles. The Morgan fingerprint density at radius 3 is 2.34 bits per heavy atom. The fourth-order valence-electron chi connectivity index (χ4n) is 3.16. The molecule has 0 saturated heterocycles. The summed E-state index contributed by atoms with van der Waals surface area (Å²) < 4.78 is 2.37. The van der Waals surface area contributed by atoms with Gasteiger partial charge in [-0.05, 0) is 12.5 Å². The fraction of sp³-hybridized carbons (Fsp3) is 0.227. The van der Waals surface area contributed by atoms with Crippen LogP contribution in [0, 0.1) is 10.1 Å². The summed E-state index contributed by atoms with van der Waals surface area (Å²) in [7, 11) is 2.98. The molecule has 0 radical (unpaired) electrons. The first-order valence-electron chi connectivity index (χ1n) is 9.92. The van der Waals surface area contributed by atoms with Crippen LogP contribution >= 0.6 is 0 Å². The molecule has 1 aromatic heterocycles. The van der Waals surface area contributed by atoms with Crippen molar-refractivity contribution in [3.63, 3.8) is 0 Å². The van der Waals surface area contributed by atoms with Gasteiger partial charge in [0.2, 0.25) is 0 Å². The average molecular weight is 437 g/mol. The van der Waals surface area contributed by atoms with Crippen LogP contribution in [0.15, 0.2) is 64.2 Å². The molecule has 0 aliphatic carbocycles. The van der Waals surface area contributed by atoms with E-state index in [2.05, 4.69) is 10.6 Å². The van der Waals surface area contributed by atoms with Crippen molar-refractivity contribution in [3.05, 3.63) is 96.7 Å². The molecular weight excluding hydrogens is 414 g/mol. The van der Waals surface area contributed by atoms with Crippen molar-refractivity contribution < 1.29 is 9.72 Å². The molecular formula is C22H23N5O5. The van der Waals surface area contributed by atoms with Crippen LogP contribution < -0.4 is 21.9 Å². The molecule has 10 heteroatoms. The fourth-order valence-corrected chi connectivity index (χ4v) is 3.16. The predicted molar refractivity (Wildman–Crippen MR) is 121 cm³/mol. The van der Waals surface area contributed by atoms with Gasteiger partial charge in [-0.25, -0.2) is 4.79 Å². The molecule has 0 saturated carbocycles. The monoisotopic (exact) mass is 437 g/mol. The smallest absolute Gasteiger partial charge is 0.332 e. The zero-order valence-corrected chi connectivity index (χ0v) is 17.7. The van der Waals surface area contributed by atoms with Gasteiger partial charge < -0.3 is 10.6 Å². The number of ketones is 1. The van der Waals surface area contributed by atoms with Crippen LogP contribution in [0.5, 0.6) is 0 Å². The molecule has 0 aliphatic heterocycles. The van der Waals surface area contributed by atoms with Crippen LogP contribution in [0.1, 0.15) is 22.3 Å². The Morgan fingerprint density at radius 1 is 0.969 bits per heavy atom. The van der Waals surface area contributed by atoms with E-state index in [0.29, 0.717) is 36.6 Å². The number of rotatable bonds is 9. The minimum Gasteiger partial charge on any atom is -0.384 e. The number of carbonyl (C=O) groups excluding carboxylic acids is 1. The van der Waals surface area contributed by atoms with Crippen LogP contribution in [0.25, 0.3) is 0 Å². The van der Waals surface area contributed by atoms with Gasteiger partial charge >= 0.3 is 5.69 Å². The molecule has 0 unspecified atom stereocenters. The first-order chi connectivity index (χ1) is 15.3. The first-order valence-corrected chi connectivity index (χ1v) is 9.92. The molecule has 1 heterocycles. The maximum atomic E-state index is 12.9. The summed E-state index contributed by atoms with van der Waals surface area (Å²) in [6, 6.07) is 14.0. The Labute approximate surface area is 183 Å². The Hall–Kier alpha value is -4.21. The van der Waals surface area contributed by atoms with Gasteiger partial charge in [0.1, 0.15) is 5.82 Å². The van der Waals surface area contributed by atoms with Crippen molar-refractivity contribution in [1.82, 2.24) is 9.13 Å². The Bertz CT molecular complexity index is 1260. The second kappa shape index (κ2) is 9.73. The van der Waals surface area contributed by atoms with Crippen LogP contribution in [0.4, 0.5) is 17.2 Å². The first kappa shape index (κ1) is 22.5. The SMILES string of the molecule is Cn1c(NCCCNc2ccc([N+](=O)[O-])cc2C(=O)c2ccccc2)cc(=O)n(C)c1=O. The largest absolute Gasteiger partial charge is 0.384 e. The van der Waals surface area contributed by atoms with E-state index in [9.17, 15) is 24.5 Å². The molecule has 3 aromatic rings. The van der Waals surface area contributed by atoms with Gasteiger partial charge in [0, 0.05) is 56.6 Å². The third-order valence-corrected chi connectivity index (χ3v) is 5.00. The molecule has 3 rings (SSSR count). The van der Waals surface area contributed by atoms with Gasteiger partial charge in [0.15, 0.2) is 5.78 Å². The van der Waals surface area contributed by atoms with Gasteiger partial charge in [-0.1, -0.05) is 30.3 Å². The van der Waals surface area contributed by atoms with E-state index in [0.717, 1.165) is 4.57 Å². The lowest BCUT2D eigenvalue weighted by Gasteiger charge is -2.13. The van der Waals surface area contributed by atoms with Gasteiger partial charge in [-0.2, -0.15) is 0 Å². The highest BCUT2D eigenvalue weighted by molar-refractivity contribution is 6.12. The topological polar surface area (TPSA) is 128 Å². The summed E-state index contributed by atoms with van der Waals surface area (Å²) in [5.41, 5.74) is 0.154. The molecule has 0 fully saturated rings. The Kier molecular flexibility index (Phi) is 6.83. The van der Waals surface area contributed by atoms with Gasteiger partial charge in [-0.3, -0.25) is 28.8 Å². The number of non-ortho nitro benzene ring substituents is 1. The minimum atomic E-state index is -0.538. The van der Waals surface area contributed by atoms with Crippen molar-refractivity contribution in [2.75, 3.05) is 23.7 Å². The third kappa shape index (κ3) is 4.91. The third-order valence-electron chi connectivity index (χ3n) is 5.00. The van der Waals surface area contributed by atoms with E-state index >= 15 is 0 Å². The van der Waals surface area contributed by atoms with Gasteiger partial charge in [0.25, 0.3) is 11.2 Å². The maximum absolute atomic E-state index is 12.9. The number of benzene rings is 2. The van der Waals surface area contributed by atoms with E-state index in [1.807, 2.05) is 0 Å². The van der Waals surface area contributed by atoms with Crippen molar-refractivity contribution in [2.45, 2.75) is 6.42 Å². The zero-order chi connectivity index (χ0) is 23.3. The van der Waals surface area contributed by atoms with E-state index < -0.39 is 16.2 Å². The summed E-state index contributed by atoms with van der Waals surface area (Å²) in [6.07, 6.45) is 0.597. The highest BCUT2D eigenvalue weighted by Gasteiger charge is 2.18. The highest BCUT2D eigenvalue weighted by Crippen LogP contribution is 2.25. The molecule has 10 nitrogen and oxygen atoms in total. The van der Waals surface area contributed by atoms with E-state index in [1.54, 1.807) is 37.4 Å². The van der Waals surface area contributed by atoms with Crippen LogP contribution in [-0.4, -0.2) is 32.9 Å². The van der Waals surface area contributed by atoms with Crippen molar-refractivity contribution in [3.8, 4) is 0 Å². The number of aromatic nitrogens is 2. The second-order valence-electron chi connectivity index (χ2n) is 7.16. The zero-order valence-electron chi connectivity index (χ0n) is 17.7. The maximum Gasteiger partial charge on any atom is 0.332 e. The lowest BCUT2D eigenvalue weighted by atomic mass is 10.0. The number of nitro groups is 1. The molecule has 2 N–H and O–H groups in total. The summed E-state index contributed by atoms with van der Waals surface area (Å²) >= 11 is 0. The number of nitrogens with zero attached hydrogens (tertiary/aromatic N) is 3. The molecule has 32 heavy (non-hydrogen) atoms. The molecule has 0 aliphatic rings. The average Bonchev–Trinajstić information content (AvgIpc) is 2.80. The van der Waals surface area contributed by atoms with Crippen LogP contribution in [0.2, 0.25) is 0 Å². The lowest BCUT2D eigenvalue weighted by molar-refractivity contribution is -0.384. The lowest BCUT2D eigenvalue weighted by Crippen LogP contribution is -2.37. The quantitative estimate of drug-likeness (QED) is 0.227. The number of nitro benzene ring substituents is 1. The summed E-state index contributed by atoms with van der Waals surface area (Å²) in [5.74, 6) is 0.0958. The minimum absolute atomic E-state index is 0.164. The number of anilines is 2. The van der Waals surface area contributed by atoms with Crippen molar-refractivity contribution in [1.29, 1.82) is 0 Å². The number of hydrogen-bond donors (Lipinski definition) is 2. The summed E-state index contributed by atoms with van der Waals surface area (Å²) in [4.78, 5) is 47.3. The van der Waals surface area contributed by atoms with E-state index in [-0.39, 0.29) is 17.0 Å². The molecule has 166 valence electrons. The van der Waals surface area contributed by atoms with Crippen molar-refractivity contribution >= 4 is 23.0 Å². The molecule has 0 bridgehead atoms. The number of hydrogen-bond acceptors (Lipinski definition) is 7. The molecule has 0 atom stereocenters. The standard InChI is InChI=1S/C22H23N5O5/c1-25-19(14-20(28)26(2)22(25)30)24-12-6-11-23-18-10-9-16(27(31)32)13-17(18)21(29)15-7-4-3-5-8-15/h3-5,7-10,13-14,23-24H,6,11-12H2,1-2H3. The predicted octanol–water partition coefficient (Wildman–Crippen LogP) is 2.14. The number of nitrogens with one attached hydrogen (secondary N) is 2. The Balaban J connectivity index is 1.69. The van der Waals surface area contributed by atoms with Crippen LogP contribution in [-0.2, 0) is 14.1 Å². The summed E-state index contributed by atoms with van der Waals surface area (Å²) in [6.45, 7) is 0.918. The summed E-state index contributed by atoms with van der Waals surface area (Å²) in [5, 5.41) is 17.4.